The van der Waals surface area contributed by atoms with E-state index in [1.807, 2.05) is 32.0 Å². The largest absolute Gasteiger partial charge is 0.490 e. The minimum Gasteiger partial charge on any atom is -0.490 e. The lowest BCUT2D eigenvalue weighted by Crippen LogP contribution is -2.10. The number of esters is 1. The Kier molecular flexibility index (Phi) is 10.1. The Morgan fingerprint density at radius 2 is 1.77 bits per heavy atom. The number of amides is 1. The van der Waals surface area contributed by atoms with Gasteiger partial charge < -0.3 is 19.5 Å². The predicted octanol–water partition coefficient (Wildman–Crippen LogP) is 5.48. The van der Waals surface area contributed by atoms with E-state index in [1.54, 1.807) is 30.3 Å². The third-order valence-electron chi connectivity index (χ3n) is 4.25. The van der Waals surface area contributed by atoms with Crippen LogP contribution in [0.3, 0.4) is 0 Å². The van der Waals surface area contributed by atoms with Crippen LogP contribution in [0.1, 0.15) is 56.0 Å². The molecule has 0 aliphatic rings. The third kappa shape index (κ3) is 8.16. The Morgan fingerprint density at radius 1 is 0.935 bits per heavy atom. The van der Waals surface area contributed by atoms with Crippen LogP contribution < -0.4 is 14.8 Å². The van der Waals surface area contributed by atoms with Gasteiger partial charge in [-0.05, 0) is 61.7 Å². The molecule has 6 nitrogen and oxygen atoms in total. The number of hydrogen-bond donors (Lipinski definition) is 1. The molecule has 0 saturated carbocycles. The SMILES string of the molecule is CCCCOc1ccc(/C=C/C(=O)Nc2cccc(C(=O)OCCC)c2)cc1OCC. The number of anilines is 1. The van der Waals surface area contributed by atoms with E-state index < -0.39 is 5.97 Å². The molecule has 0 aliphatic carbocycles. The van der Waals surface area contributed by atoms with Crippen LogP contribution in [0, 0.1) is 0 Å². The van der Waals surface area contributed by atoms with Crippen molar-refractivity contribution in [1.82, 2.24) is 0 Å². The van der Waals surface area contributed by atoms with Gasteiger partial charge in [-0.3, -0.25) is 4.79 Å². The van der Waals surface area contributed by atoms with E-state index >= 15 is 0 Å². The first-order valence-electron chi connectivity index (χ1n) is 10.7. The summed E-state index contributed by atoms with van der Waals surface area (Å²) in [6.07, 6.45) is 5.93. The molecule has 2 aromatic carbocycles. The third-order valence-corrected chi connectivity index (χ3v) is 4.25. The van der Waals surface area contributed by atoms with Gasteiger partial charge in [0.25, 0.3) is 0 Å². The molecule has 2 aromatic rings. The highest BCUT2D eigenvalue weighted by atomic mass is 16.5. The van der Waals surface area contributed by atoms with Crippen LogP contribution in [-0.2, 0) is 9.53 Å². The first kappa shape index (κ1) is 24.0. The van der Waals surface area contributed by atoms with Crippen molar-refractivity contribution in [2.45, 2.75) is 40.0 Å². The number of ether oxygens (including phenoxy) is 3. The molecule has 31 heavy (non-hydrogen) atoms. The van der Waals surface area contributed by atoms with Crippen molar-refractivity contribution in [3.8, 4) is 11.5 Å². The summed E-state index contributed by atoms with van der Waals surface area (Å²) in [5, 5.41) is 2.76. The first-order chi connectivity index (χ1) is 15.1. The van der Waals surface area contributed by atoms with E-state index in [0.717, 1.165) is 24.8 Å². The van der Waals surface area contributed by atoms with Gasteiger partial charge in [0.2, 0.25) is 5.91 Å². The van der Waals surface area contributed by atoms with E-state index in [2.05, 4.69) is 12.2 Å². The van der Waals surface area contributed by atoms with Crippen LogP contribution in [0.25, 0.3) is 6.08 Å². The molecule has 0 atom stereocenters. The van der Waals surface area contributed by atoms with Gasteiger partial charge in [-0.25, -0.2) is 4.79 Å². The second kappa shape index (κ2) is 13.1. The number of nitrogens with one attached hydrogen (secondary N) is 1. The van der Waals surface area contributed by atoms with E-state index in [-0.39, 0.29) is 5.91 Å². The first-order valence-corrected chi connectivity index (χ1v) is 10.7. The van der Waals surface area contributed by atoms with E-state index in [0.29, 0.717) is 42.6 Å². The molecule has 1 N–H and O–H groups in total. The molecule has 2 rings (SSSR count). The average molecular weight is 426 g/mol. The molecule has 6 heteroatoms. The van der Waals surface area contributed by atoms with Crippen LogP contribution >= 0.6 is 0 Å². The Hall–Kier alpha value is -3.28. The molecule has 1 amide bonds. The van der Waals surface area contributed by atoms with E-state index in [9.17, 15) is 9.59 Å². The summed E-state index contributed by atoms with van der Waals surface area (Å²) in [5.41, 5.74) is 1.74. The molecule has 0 heterocycles. The molecular formula is C25H31NO5. The number of benzene rings is 2. The van der Waals surface area contributed by atoms with Gasteiger partial charge in [0, 0.05) is 11.8 Å². The molecule has 0 fully saturated rings. The van der Waals surface area contributed by atoms with Gasteiger partial charge in [0.05, 0.1) is 25.4 Å². The summed E-state index contributed by atoms with van der Waals surface area (Å²) >= 11 is 0. The van der Waals surface area contributed by atoms with Crippen molar-refractivity contribution in [1.29, 1.82) is 0 Å². The molecule has 166 valence electrons. The maximum Gasteiger partial charge on any atom is 0.338 e. The molecule has 0 unspecified atom stereocenters. The minimum absolute atomic E-state index is 0.305. The van der Waals surface area contributed by atoms with Gasteiger partial charge >= 0.3 is 5.97 Å². The summed E-state index contributed by atoms with van der Waals surface area (Å²) in [6.45, 7) is 7.48. The van der Waals surface area contributed by atoms with Crippen LogP contribution in [0.5, 0.6) is 11.5 Å². The lowest BCUT2D eigenvalue weighted by Gasteiger charge is -2.12. The molecule has 0 bridgehead atoms. The summed E-state index contributed by atoms with van der Waals surface area (Å²) in [5.74, 6) is 0.640. The van der Waals surface area contributed by atoms with Crippen molar-refractivity contribution >= 4 is 23.6 Å². The number of carbonyl (C=O) groups excluding carboxylic acids is 2. The number of unbranched alkanes of at least 4 members (excludes halogenated alkanes) is 1. The zero-order chi connectivity index (χ0) is 22.5. The standard InChI is InChI=1S/C25H31NO5/c1-4-7-16-30-22-13-11-19(17-23(22)29-6-3)12-14-24(27)26-21-10-8-9-20(18-21)25(28)31-15-5-2/h8-14,17-18H,4-7,15-16H2,1-3H3,(H,26,27)/b14-12+. The Labute approximate surface area is 184 Å². The van der Waals surface area contributed by atoms with Gasteiger partial charge in [-0.1, -0.05) is 32.4 Å². The summed E-state index contributed by atoms with van der Waals surface area (Å²) < 4.78 is 16.6. The Bertz CT molecular complexity index is 891. The second-order valence-electron chi connectivity index (χ2n) is 6.88. The monoisotopic (exact) mass is 425 g/mol. The fourth-order valence-corrected chi connectivity index (χ4v) is 2.70. The molecule has 0 radical (unpaired) electrons. The van der Waals surface area contributed by atoms with Crippen LogP contribution in [0.2, 0.25) is 0 Å². The number of rotatable bonds is 12. The number of hydrogen-bond acceptors (Lipinski definition) is 5. The summed E-state index contributed by atoms with van der Waals surface area (Å²) in [7, 11) is 0. The van der Waals surface area contributed by atoms with Gasteiger partial charge in [-0.2, -0.15) is 0 Å². The lowest BCUT2D eigenvalue weighted by atomic mass is 10.1. The van der Waals surface area contributed by atoms with Crippen molar-refractivity contribution < 1.29 is 23.8 Å². The van der Waals surface area contributed by atoms with Gasteiger partial charge in [0.15, 0.2) is 11.5 Å². The summed E-state index contributed by atoms with van der Waals surface area (Å²) in [4.78, 5) is 24.3. The van der Waals surface area contributed by atoms with Crippen molar-refractivity contribution in [2.24, 2.45) is 0 Å². The highest BCUT2D eigenvalue weighted by molar-refractivity contribution is 6.02. The normalized spacial score (nSPS) is 10.7. The maximum atomic E-state index is 12.3. The fourth-order valence-electron chi connectivity index (χ4n) is 2.70. The zero-order valence-electron chi connectivity index (χ0n) is 18.5. The maximum absolute atomic E-state index is 12.3. The van der Waals surface area contributed by atoms with Crippen molar-refractivity contribution in [3.63, 3.8) is 0 Å². The van der Waals surface area contributed by atoms with E-state index in [1.165, 1.54) is 6.08 Å². The molecule has 0 spiro atoms. The number of carbonyl (C=O) groups is 2. The fraction of sp³-hybridized carbons (Fsp3) is 0.360. The predicted molar refractivity (Wildman–Crippen MR) is 123 cm³/mol. The van der Waals surface area contributed by atoms with Crippen LogP contribution in [0.4, 0.5) is 5.69 Å². The molecule has 0 aliphatic heterocycles. The lowest BCUT2D eigenvalue weighted by molar-refractivity contribution is -0.111. The van der Waals surface area contributed by atoms with Gasteiger partial charge in [0.1, 0.15) is 0 Å². The molecular weight excluding hydrogens is 394 g/mol. The van der Waals surface area contributed by atoms with Crippen molar-refractivity contribution in [3.05, 3.63) is 59.7 Å². The highest BCUT2D eigenvalue weighted by Crippen LogP contribution is 2.29. The average Bonchev–Trinajstić information content (AvgIpc) is 2.77. The van der Waals surface area contributed by atoms with Gasteiger partial charge in [-0.15, -0.1) is 0 Å². The topological polar surface area (TPSA) is 73.9 Å². The Morgan fingerprint density at radius 3 is 2.52 bits per heavy atom. The summed E-state index contributed by atoms with van der Waals surface area (Å²) in [6, 6.07) is 12.2. The quantitative estimate of drug-likeness (QED) is 0.277. The Balaban J connectivity index is 2.02. The molecule has 0 saturated heterocycles. The second-order valence-corrected chi connectivity index (χ2v) is 6.88. The smallest absolute Gasteiger partial charge is 0.338 e. The van der Waals surface area contributed by atoms with Crippen LogP contribution in [0.15, 0.2) is 48.5 Å². The van der Waals surface area contributed by atoms with Crippen molar-refractivity contribution in [2.75, 3.05) is 25.1 Å². The van der Waals surface area contributed by atoms with Crippen LogP contribution in [-0.4, -0.2) is 31.7 Å². The highest BCUT2D eigenvalue weighted by Gasteiger charge is 2.09. The van der Waals surface area contributed by atoms with E-state index in [4.69, 9.17) is 14.2 Å². The zero-order valence-corrected chi connectivity index (χ0v) is 18.5. The minimum atomic E-state index is -0.404. The molecule has 0 aromatic heterocycles.